The Kier molecular flexibility index (Phi) is 5.43. The van der Waals surface area contributed by atoms with Crippen LogP contribution in [0.15, 0.2) is 30.4 Å². The molecule has 0 fully saturated rings. The lowest BCUT2D eigenvalue weighted by Gasteiger charge is -2.23. The van der Waals surface area contributed by atoms with Crippen LogP contribution in [0.4, 0.5) is 0 Å². The molecule has 0 unspecified atom stereocenters. The molecule has 1 rings (SSSR count). The summed E-state index contributed by atoms with van der Waals surface area (Å²) in [5.74, 6) is 1.75. The summed E-state index contributed by atoms with van der Waals surface area (Å²) in [5.41, 5.74) is 2.18. The van der Waals surface area contributed by atoms with Crippen LogP contribution in [-0.4, -0.2) is 27.3 Å². The first-order chi connectivity index (χ1) is 8.88. The lowest BCUT2D eigenvalue weighted by atomic mass is 9.86. The Morgan fingerprint density at radius 3 is 2.53 bits per heavy atom. The zero-order valence-electron chi connectivity index (χ0n) is 12.7. The average molecular weight is 263 g/mol. The summed E-state index contributed by atoms with van der Waals surface area (Å²) >= 11 is 0. The van der Waals surface area contributed by atoms with E-state index in [4.69, 9.17) is 9.47 Å². The Morgan fingerprint density at radius 1 is 1.32 bits per heavy atom. The molecule has 19 heavy (non-hydrogen) atoms. The third kappa shape index (κ3) is 4.60. The van der Waals surface area contributed by atoms with Crippen LogP contribution < -0.4 is 14.8 Å². The minimum Gasteiger partial charge on any atom is -0.497 e. The SMILES string of the molecule is C=C(CNC)COc1ccc(OC)cc1C(C)(C)C. The third-order valence-corrected chi connectivity index (χ3v) is 2.85. The van der Waals surface area contributed by atoms with E-state index in [-0.39, 0.29) is 5.41 Å². The highest BCUT2D eigenvalue weighted by Gasteiger charge is 2.20. The van der Waals surface area contributed by atoms with Gasteiger partial charge < -0.3 is 14.8 Å². The Hall–Kier alpha value is -1.48. The summed E-state index contributed by atoms with van der Waals surface area (Å²) in [5, 5.41) is 3.07. The molecule has 0 aliphatic heterocycles. The van der Waals surface area contributed by atoms with Crippen molar-refractivity contribution in [3.63, 3.8) is 0 Å². The third-order valence-electron chi connectivity index (χ3n) is 2.85. The second kappa shape index (κ2) is 6.62. The van der Waals surface area contributed by atoms with Crippen molar-refractivity contribution in [3.05, 3.63) is 35.9 Å². The van der Waals surface area contributed by atoms with Crippen molar-refractivity contribution in [1.29, 1.82) is 0 Å². The van der Waals surface area contributed by atoms with Crippen molar-refractivity contribution in [2.75, 3.05) is 27.3 Å². The van der Waals surface area contributed by atoms with E-state index in [1.54, 1.807) is 7.11 Å². The van der Waals surface area contributed by atoms with E-state index < -0.39 is 0 Å². The molecule has 1 aromatic rings. The predicted octanol–water partition coefficient (Wildman–Crippen LogP) is 3.15. The number of ether oxygens (including phenoxy) is 2. The zero-order valence-corrected chi connectivity index (χ0v) is 12.7. The standard InChI is InChI=1S/C16H25NO2/c1-12(10-17-5)11-19-15-8-7-13(18-6)9-14(15)16(2,3)4/h7-9,17H,1,10-11H2,2-6H3. The number of rotatable bonds is 6. The van der Waals surface area contributed by atoms with Crippen LogP contribution >= 0.6 is 0 Å². The minimum absolute atomic E-state index is 0.00815. The average Bonchev–Trinajstić information content (AvgIpc) is 2.35. The summed E-state index contributed by atoms with van der Waals surface area (Å²) in [6, 6.07) is 5.92. The molecule has 3 nitrogen and oxygen atoms in total. The molecule has 1 N–H and O–H groups in total. The molecular weight excluding hydrogens is 238 g/mol. The van der Waals surface area contributed by atoms with Crippen LogP contribution in [0.25, 0.3) is 0 Å². The highest BCUT2D eigenvalue weighted by atomic mass is 16.5. The van der Waals surface area contributed by atoms with Crippen LogP contribution in [0.1, 0.15) is 26.3 Å². The molecule has 0 radical (unpaired) electrons. The lowest BCUT2D eigenvalue weighted by molar-refractivity contribution is 0.336. The van der Waals surface area contributed by atoms with Gasteiger partial charge in [-0.15, -0.1) is 0 Å². The first kappa shape index (κ1) is 15.6. The normalized spacial score (nSPS) is 11.2. The summed E-state index contributed by atoms with van der Waals surface area (Å²) in [6.45, 7) is 11.8. The molecule has 0 aromatic heterocycles. The Bertz CT molecular complexity index is 433. The summed E-state index contributed by atoms with van der Waals surface area (Å²) in [6.07, 6.45) is 0. The van der Waals surface area contributed by atoms with Gasteiger partial charge in [0.05, 0.1) is 7.11 Å². The summed E-state index contributed by atoms with van der Waals surface area (Å²) in [4.78, 5) is 0. The van der Waals surface area contributed by atoms with Gasteiger partial charge >= 0.3 is 0 Å². The van der Waals surface area contributed by atoms with E-state index in [2.05, 4.69) is 32.7 Å². The second-order valence-corrected chi connectivity index (χ2v) is 5.68. The number of hydrogen-bond acceptors (Lipinski definition) is 3. The molecular formula is C16H25NO2. The fourth-order valence-corrected chi connectivity index (χ4v) is 1.83. The van der Waals surface area contributed by atoms with Gasteiger partial charge in [-0.2, -0.15) is 0 Å². The Morgan fingerprint density at radius 2 is 2.00 bits per heavy atom. The minimum atomic E-state index is 0.00815. The second-order valence-electron chi connectivity index (χ2n) is 5.68. The molecule has 0 aliphatic carbocycles. The van der Waals surface area contributed by atoms with Crippen LogP contribution in [-0.2, 0) is 5.41 Å². The van der Waals surface area contributed by atoms with Gasteiger partial charge in [0.1, 0.15) is 18.1 Å². The van der Waals surface area contributed by atoms with Crippen LogP contribution in [0.5, 0.6) is 11.5 Å². The molecule has 1 aromatic carbocycles. The van der Waals surface area contributed by atoms with Gasteiger partial charge in [-0.1, -0.05) is 27.4 Å². The molecule has 0 aliphatic rings. The van der Waals surface area contributed by atoms with E-state index in [1.165, 1.54) is 0 Å². The monoisotopic (exact) mass is 263 g/mol. The first-order valence-electron chi connectivity index (χ1n) is 6.51. The van der Waals surface area contributed by atoms with Crippen LogP contribution in [0.2, 0.25) is 0 Å². The number of benzene rings is 1. The van der Waals surface area contributed by atoms with Gasteiger partial charge in [-0.3, -0.25) is 0 Å². The molecule has 0 saturated heterocycles. The molecule has 0 heterocycles. The smallest absolute Gasteiger partial charge is 0.123 e. The Balaban J connectivity index is 2.91. The molecule has 0 bridgehead atoms. The molecule has 0 amide bonds. The Labute approximate surface area is 116 Å². The zero-order chi connectivity index (χ0) is 14.5. The maximum Gasteiger partial charge on any atom is 0.123 e. The van der Waals surface area contributed by atoms with Crippen molar-refractivity contribution in [3.8, 4) is 11.5 Å². The fraction of sp³-hybridized carbons (Fsp3) is 0.500. The van der Waals surface area contributed by atoms with E-state index in [0.717, 1.165) is 29.2 Å². The van der Waals surface area contributed by atoms with Crippen LogP contribution in [0.3, 0.4) is 0 Å². The number of methoxy groups -OCH3 is 1. The number of hydrogen-bond donors (Lipinski definition) is 1. The number of nitrogens with one attached hydrogen (secondary N) is 1. The quantitative estimate of drug-likeness (QED) is 0.800. The topological polar surface area (TPSA) is 30.5 Å². The van der Waals surface area contributed by atoms with Gasteiger partial charge in [0, 0.05) is 12.1 Å². The molecule has 106 valence electrons. The maximum atomic E-state index is 5.88. The fourth-order valence-electron chi connectivity index (χ4n) is 1.83. The van der Waals surface area contributed by atoms with Gasteiger partial charge in [0.15, 0.2) is 0 Å². The van der Waals surface area contributed by atoms with Crippen molar-refractivity contribution < 1.29 is 9.47 Å². The summed E-state index contributed by atoms with van der Waals surface area (Å²) in [7, 11) is 3.58. The number of likely N-dealkylation sites (N-methyl/N-ethyl adjacent to an activating group) is 1. The van der Waals surface area contributed by atoms with E-state index in [0.29, 0.717) is 6.61 Å². The molecule has 0 saturated carbocycles. The van der Waals surface area contributed by atoms with Gasteiger partial charge in [-0.25, -0.2) is 0 Å². The lowest BCUT2D eigenvalue weighted by Crippen LogP contribution is -2.17. The van der Waals surface area contributed by atoms with E-state index in [9.17, 15) is 0 Å². The molecule has 3 heteroatoms. The highest BCUT2D eigenvalue weighted by Crippen LogP contribution is 2.34. The largest absolute Gasteiger partial charge is 0.497 e. The first-order valence-corrected chi connectivity index (χ1v) is 6.51. The van der Waals surface area contributed by atoms with Gasteiger partial charge in [0.2, 0.25) is 0 Å². The maximum absolute atomic E-state index is 5.88. The van der Waals surface area contributed by atoms with Crippen molar-refractivity contribution in [2.24, 2.45) is 0 Å². The van der Waals surface area contributed by atoms with Crippen LogP contribution in [0, 0.1) is 0 Å². The van der Waals surface area contributed by atoms with Gasteiger partial charge in [-0.05, 0) is 36.2 Å². The van der Waals surface area contributed by atoms with Crippen molar-refractivity contribution in [1.82, 2.24) is 5.32 Å². The van der Waals surface area contributed by atoms with Gasteiger partial charge in [0.25, 0.3) is 0 Å². The predicted molar refractivity (Wildman–Crippen MR) is 80.3 cm³/mol. The van der Waals surface area contributed by atoms with Crippen molar-refractivity contribution in [2.45, 2.75) is 26.2 Å². The molecule has 0 atom stereocenters. The van der Waals surface area contributed by atoms with E-state index in [1.807, 2.05) is 25.2 Å². The van der Waals surface area contributed by atoms with E-state index >= 15 is 0 Å². The van der Waals surface area contributed by atoms with Crippen molar-refractivity contribution >= 4 is 0 Å². The molecule has 0 spiro atoms. The summed E-state index contributed by atoms with van der Waals surface area (Å²) < 4.78 is 11.2. The highest BCUT2D eigenvalue weighted by molar-refractivity contribution is 5.44.